The van der Waals surface area contributed by atoms with Crippen LogP contribution in [0.5, 0.6) is 5.75 Å². The lowest BCUT2D eigenvalue weighted by molar-refractivity contribution is 0.173. The summed E-state index contributed by atoms with van der Waals surface area (Å²) in [5.74, 6) is 5.54. The van der Waals surface area contributed by atoms with Crippen molar-refractivity contribution < 1.29 is 9.94 Å². The van der Waals surface area contributed by atoms with Crippen LogP contribution in [0.2, 0.25) is 5.02 Å². The lowest BCUT2D eigenvalue weighted by Crippen LogP contribution is -2.19. The summed E-state index contributed by atoms with van der Waals surface area (Å²) in [5, 5.41) is 9.18. The van der Waals surface area contributed by atoms with E-state index in [1.165, 1.54) is 0 Å². The molecule has 0 aromatic heterocycles. The topological polar surface area (TPSA) is 55.5 Å². The molecule has 0 aliphatic rings. The molecule has 0 amide bonds. The fourth-order valence-electron chi connectivity index (χ4n) is 2.04. The van der Waals surface area contributed by atoms with Crippen molar-refractivity contribution in [2.75, 3.05) is 0 Å². The van der Waals surface area contributed by atoms with E-state index in [1.54, 1.807) is 48.5 Å². The van der Waals surface area contributed by atoms with Crippen molar-refractivity contribution in [1.82, 2.24) is 0 Å². The lowest BCUT2D eigenvalue weighted by atomic mass is 10.0. The molecule has 1 unspecified atom stereocenters. The Morgan fingerprint density at radius 3 is 1.79 bits per heavy atom. The van der Waals surface area contributed by atoms with Crippen LogP contribution in [-0.2, 0) is 5.06 Å². The second-order valence-electron chi connectivity index (χ2n) is 4.90. The van der Waals surface area contributed by atoms with E-state index in [2.05, 4.69) is 4.84 Å². The first-order chi connectivity index (χ1) is 11.6. The number of nitrogens with two attached hydrogens (primary N) is 1. The van der Waals surface area contributed by atoms with Crippen LogP contribution < -0.4 is 10.7 Å². The van der Waals surface area contributed by atoms with Crippen LogP contribution in [-0.4, -0.2) is 5.11 Å². The Morgan fingerprint density at radius 2 is 1.29 bits per heavy atom. The summed E-state index contributed by atoms with van der Waals surface area (Å²) in [7, 11) is 0. The Morgan fingerprint density at radius 1 is 0.792 bits per heavy atom. The molecule has 24 heavy (non-hydrogen) atoms. The molecule has 3 N–H and O–H groups in total. The van der Waals surface area contributed by atoms with Crippen molar-refractivity contribution in [3.8, 4) is 5.75 Å². The van der Waals surface area contributed by atoms with Gasteiger partial charge in [0.1, 0.15) is 5.75 Å². The standard InChI is InChI=1S/C13H10Cl2O.C6H7NO/c14-12-9-5-4-8-11(12)13(15,16)10-6-2-1-3-7-10;7-8-6-4-2-1-3-5-6/h1-9,16H;1-5H,7H2. The lowest BCUT2D eigenvalue weighted by Gasteiger charge is -2.22. The molecule has 3 aromatic rings. The zero-order valence-corrected chi connectivity index (χ0v) is 14.3. The van der Waals surface area contributed by atoms with E-state index in [1.807, 2.05) is 36.4 Å². The second-order valence-corrected chi connectivity index (χ2v) is 5.85. The molecule has 0 spiro atoms. The van der Waals surface area contributed by atoms with Gasteiger partial charge >= 0.3 is 0 Å². The average molecular weight is 362 g/mol. The number of aliphatic hydroxyl groups is 1. The first-order valence-electron chi connectivity index (χ1n) is 7.19. The van der Waals surface area contributed by atoms with Crippen molar-refractivity contribution in [3.05, 3.63) is 101 Å². The molecular weight excluding hydrogens is 345 g/mol. The van der Waals surface area contributed by atoms with Gasteiger partial charge in [-0.05, 0) is 18.2 Å². The molecule has 3 aromatic carbocycles. The fourth-order valence-corrected chi connectivity index (χ4v) is 2.66. The summed E-state index contributed by atoms with van der Waals surface area (Å²) in [6, 6.07) is 25.2. The Balaban J connectivity index is 0.000000219. The summed E-state index contributed by atoms with van der Waals surface area (Å²) in [5.41, 5.74) is 1.09. The minimum absolute atomic E-state index is 0.448. The maximum Gasteiger partial charge on any atom is 0.192 e. The molecule has 3 nitrogen and oxygen atoms in total. The van der Waals surface area contributed by atoms with Gasteiger partial charge in [-0.15, -0.1) is 0 Å². The summed E-state index contributed by atoms with van der Waals surface area (Å²) in [6.07, 6.45) is 0. The quantitative estimate of drug-likeness (QED) is 0.524. The molecule has 0 fully saturated rings. The number of hydrogen-bond acceptors (Lipinski definition) is 3. The van der Waals surface area contributed by atoms with Crippen molar-refractivity contribution in [2.24, 2.45) is 5.90 Å². The molecule has 124 valence electrons. The highest BCUT2D eigenvalue weighted by atomic mass is 35.5. The predicted octanol–water partition coefficient (Wildman–Crippen LogP) is 4.71. The average Bonchev–Trinajstić information content (AvgIpc) is 2.64. The zero-order valence-electron chi connectivity index (χ0n) is 12.8. The van der Waals surface area contributed by atoms with Crippen molar-refractivity contribution in [2.45, 2.75) is 5.06 Å². The van der Waals surface area contributed by atoms with Crippen LogP contribution in [0, 0.1) is 0 Å². The molecule has 0 aliphatic heterocycles. The van der Waals surface area contributed by atoms with Crippen molar-refractivity contribution >= 4 is 23.2 Å². The van der Waals surface area contributed by atoms with Gasteiger partial charge in [0.2, 0.25) is 0 Å². The van der Waals surface area contributed by atoms with Gasteiger partial charge in [0.15, 0.2) is 5.06 Å². The van der Waals surface area contributed by atoms with Gasteiger partial charge in [0.05, 0.1) is 0 Å². The third kappa shape index (κ3) is 4.73. The smallest absolute Gasteiger partial charge is 0.192 e. The summed E-state index contributed by atoms with van der Waals surface area (Å²) in [6.45, 7) is 0. The van der Waals surface area contributed by atoms with E-state index in [0.717, 1.165) is 0 Å². The van der Waals surface area contributed by atoms with Crippen LogP contribution in [0.15, 0.2) is 84.9 Å². The third-order valence-corrected chi connectivity index (χ3v) is 4.02. The Hall–Kier alpha value is -2.04. The molecule has 5 heteroatoms. The Bertz CT molecular complexity index is 750. The minimum atomic E-state index is -1.58. The van der Waals surface area contributed by atoms with E-state index in [4.69, 9.17) is 29.1 Å². The highest BCUT2D eigenvalue weighted by molar-refractivity contribution is 6.33. The maximum absolute atomic E-state index is 10.3. The number of benzene rings is 3. The molecule has 3 rings (SSSR count). The van der Waals surface area contributed by atoms with Crippen molar-refractivity contribution in [3.63, 3.8) is 0 Å². The Labute approximate surface area is 151 Å². The molecule has 0 heterocycles. The van der Waals surface area contributed by atoms with Gasteiger partial charge in [-0.1, -0.05) is 89.9 Å². The molecular formula is C19H17Cl2NO2. The normalized spacial score (nSPS) is 12.5. The predicted molar refractivity (Wildman–Crippen MR) is 98.0 cm³/mol. The van der Waals surface area contributed by atoms with Crippen LogP contribution in [0.4, 0.5) is 0 Å². The highest BCUT2D eigenvalue weighted by Crippen LogP contribution is 2.37. The fraction of sp³-hybridized carbons (Fsp3) is 0.0526. The van der Waals surface area contributed by atoms with Gasteiger partial charge in [-0.25, -0.2) is 0 Å². The molecule has 0 bridgehead atoms. The van der Waals surface area contributed by atoms with Gasteiger partial charge in [0.25, 0.3) is 0 Å². The molecule has 0 saturated heterocycles. The summed E-state index contributed by atoms with van der Waals surface area (Å²) in [4.78, 5) is 4.41. The van der Waals surface area contributed by atoms with E-state index >= 15 is 0 Å². The van der Waals surface area contributed by atoms with E-state index in [9.17, 15) is 5.11 Å². The van der Waals surface area contributed by atoms with Gasteiger partial charge in [0, 0.05) is 16.1 Å². The van der Waals surface area contributed by atoms with Crippen LogP contribution in [0.25, 0.3) is 0 Å². The second kappa shape index (κ2) is 8.71. The third-order valence-electron chi connectivity index (χ3n) is 3.27. The van der Waals surface area contributed by atoms with E-state index in [-0.39, 0.29) is 0 Å². The number of rotatable bonds is 3. The summed E-state index contributed by atoms with van der Waals surface area (Å²) < 4.78 is 0. The SMILES string of the molecule is NOc1ccccc1.OC(Cl)(c1ccccc1)c1ccccc1Cl. The first kappa shape index (κ1) is 18.3. The van der Waals surface area contributed by atoms with E-state index in [0.29, 0.717) is 21.9 Å². The molecule has 0 saturated carbocycles. The number of alkyl halides is 1. The number of halogens is 2. The van der Waals surface area contributed by atoms with Gasteiger partial charge in [-0.2, -0.15) is 5.90 Å². The van der Waals surface area contributed by atoms with Crippen molar-refractivity contribution in [1.29, 1.82) is 0 Å². The van der Waals surface area contributed by atoms with Gasteiger partial charge in [-0.3, -0.25) is 0 Å². The maximum atomic E-state index is 10.3. The minimum Gasteiger partial charge on any atom is -0.412 e. The van der Waals surface area contributed by atoms with Crippen LogP contribution in [0.3, 0.4) is 0 Å². The zero-order chi connectivity index (χ0) is 17.4. The number of para-hydroxylation sites is 1. The molecule has 0 aliphatic carbocycles. The first-order valence-corrected chi connectivity index (χ1v) is 7.95. The monoisotopic (exact) mass is 361 g/mol. The number of hydrogen-bond donors (Lipinski definition) is 2. The Kier molecular flexibility index (Phi) is 6.64. The van der Waals surface area contributed by atoms with Crippen LogP contribution >= 0.6 is 23.2 Å². The highest BCUT2D eigenvalue weighted by Gasteiger charge is 2.30. The van der Waals surface area contributed by atoms with E-state index < -0.39 is 5.06 Å². The van der Waals surface area contributed by atoms with Gasteiger partial charge < -0.3 is 9.94 Å². The molecule has 0 radical (unpaired) electrons. The molecule has 1 atom stereocenters. The summed E-state index contributed by atoms with van der Waals surface area (Å²) >= 11 is 12.2. The largest absolute Gasteiger partial charge is 0.412 e. The van der Waals surface area contributed by atoms with Crippen LogP contribution in [0.1, 0.15) is 11.1 Å².